The molecule has 3 heteroatoms. The lowest BCUT2D eigenvalue weighted by molar-refractivity contribution is -0.117. The van der Waals surface area contributed by atoms with Gasteiger partial charge in [-0.05, 0) is 30.5 Å². The van der Waals surface area contributed by atoms with Crippen molar-refractivity contribution in [2.45, 2.75) is 31.7 Å². The van der Waals surface area contributed by atoms with Gasteiger partial charge >= 0.3 is 0 Å². The largest absolute Gasteiger partial charge is 0.350 e. The summed E-state index contributed by atoms with van der Waals surface area (Å²) in [7, 11) is 0. The van der Waals surface area contributed by atoms with Gasteiger partial charge in [-0.15, -0.1) is 0 Å². The lowest BCUT2D eigenvalue weighted by atomic mass is 10.2. The molecule has 0 bridgehead atoms. The molecule has 0 radical (unpaired) electrons. The van der Waals surface area contributed by atoms with Crippen LogP contribution in [0.5, 0.6) is 0 Å². The smallest absolute Gasteiger partial charge is 0.244 e. The monoisotopic (exact) mass is 216 g/mol. The molecule has 1 aliphatic carbocycles. The summed E-state index contributed by atoms with van der Waals surface area (Å²) in [5.41, 5.74) is 0.948. The van der Waals surface area contributed by atoms with E-state index in [9.17, 15) is 4.79 Å². The Morgan fingerprint density at radius 2 is 2.25 bits per heavy atom. The molecule has 2 rings (SSSR count). The summed E-state index contributed by atoms with van der Waals surface area (Å²) in [6, 6.07) is 4.16. The van der Waals surface area contributed by atoms with Gasteiger partial charge in [-0.3, -0.25) is 9.78 Å². The van der Waals surface area contributed by atoms with Crippen LogP contribution in [0.2, 0.25) is 0 Å². The molecule has 1 aromatic heterocycles. The van der Waals surface area contributed by atoms with Crippen molar-refractivity contribution in [1.82, 2.24) is 10.3 Å². The van der Waals surface area contributed by atoms with E-state index in [-0.39, 0.29) is 5.91 Å². The third-order valence-electron chi connectivity index (χ3n) is 2.81. The van der Waals surface area contributed by atoms with Crippen LogP contribution < -0.4 is 5.32 Å². The number of pyridine rings is 1. The van der Waals surface area contributed by atoms with E-state index < -0.39 is 0 Å². The van der Waals surface area contributed by atoms with Crippen molar-refractivity contribution in [2.75, 3.05) is 0 Å². The third kappa shape index (κ3) is 3.19. The van der Waals surface area contributed by atoms with E-state index in [0.29, 0.717) is 6.04 Å². The Labute approximate surface area is 95.6 Å². The van der Waals surface area contributed by atoms with Gasteiger partial charge in [-0.1, -0.05) is 18.9 Å². The van der Waals surface area contributed by atoms with Crippen LogP contribution in [0.15, 0.2) is 30.6 Å². The number of aromatic nitrogens is 1. The summed E-state index contributed by atoms with van der Waals surface area (Å²) in [6.45, 7) is 0. The van der Waals surface area contributed by atoms with Gasteiger partial charge in [0.05, 0.1) is 0 Å². The van der Waals surface area contributed by atoms with E-state index in [2.05, 4.69) is 10.3 Å². The van der Waals surface area contributed by atoms with Crippen LogP contribution in [0, 0.1) is 0 Å². The van der Waals surface area contributed by atoms with Crippen LogP contribution >= 0.6 is 0 Å². The summed E-state index contributed by atoms with van der Waals surface area (Å²) >= 11 is 0. The number of hydrogen-bond acceptors (Lipinski definition) is 2. The fourth-order valence-corrected chi connectivity index (χ4v) is 1.97. The minimum atomic E-state index is -0.00393. The molecule has 0 atom stereocenters. The fourth-order valence-electron chi connectivity index (χ4n) is 1.97. The highest BCUT2D eigenvalue weighted by atomic mass is 16.1. The minimum Gasteiger partial charge on any atom is -0.350 e. The first-order valence-electron chi connectivity index (χ1n) is 5.73. The number of hydrogen-bond donors (Lipinski definition) is 1. The first-order valence-corrected chi connectivity index (χ1v) is 5.73. The molecule has 84 valence electrons. The number of carbonyl (C=O) groups is 1. The van der Waals surface area contributed by atoms with Crippen LogP contribution in [0.1, 0.15) is 31.2 Å². The van der Waals surface area contributed by atoms with E-state index in [1.54, 1.807) is 24.5 Å². The lowest BCUT2D eigenvalue weighted by Gasteiger charge is -2.08. The molecule has 1 N–H and O–H groups in total. The molecule has 0 spiro atoms. The zero-order chi connectivity index (χ0) is 11.2. The van der Waals surface area contributed by atoms with Crippen molar-refractivity contribution in [3.05, 3.63) is 36.2 Å². The Morgan fingerprint density at radius 3 is 2.94 bits per heavy atom. The average molecular weight is 216 g/mol. The van der Waals surface area contributed by atoms with Gasteiger partial charge in [-0.2, -0.15) is 0 Å². The van der Waals surface area contributed by atoms with Gasteiger partial charge in [0.1, 0.15) is 0 Å². The van der Waals surface area contributed by atoms with Crippen LogP contribution in [0.3, 0.4) is 0 Å². The van der Waals surface area contributed by atoms with Crippen molar-refractivity contribution in [3.8, 4) is 0 Å². The molecule has 1 fully saturated rings. The van der Waals surface area contributed by atoms with Crippen molar-refractivity contribution in [2.24, 2.45) is 0 Å². The summed E-state index contributed by atoms with van der Waals surface area (Å²) in [5, 5.41) is 3.00. The fraction of sp³-hybridized carbons (Fsp3) is 0.385. The maximum atomic E-state index is 11.6. The topological polar surface area (TPSA) is 42.0 Å². The van der Waals surface area contributed by atoms with Crippen LogP contribution in [-0.4, -0.2) is 16.9 Å². The second-order valence-corrected chi connectivity index (χ2v) is 4.11. The normalized spacial score (nSPS) is 16.8. The van der Waals surface area contributed by atoms with E-state index in [4.69, 9.17) is 0 Å². The molecule has 1 saturated carbocycles. The minimum absolute atomic E-state index is 0.00393. The average Bonchev–Trinajstić information content (AvgIpc) is 2.81. The lowest BCUT2D eigenvalue weighted by Crippen LogP contribution is -2.30. The Hall–Kier alpha value is -1.64. The zero-order valence-corrected chi connectivity index (χ0v) is 9.23. The Balaban J connectivity index is 1.84. The van der Waals surface area contributed by atoms with Crippen molar-refractivity contribution >= 4 is 12.0 Å². The summed E-state index contributed by atoms with van der Waals surface area (Å²) in [4.78, 5) is 15.5. The molecule has 1 aromatic rings. The van der Waals surface area contributed by atoms with Crippen molar-refractivity contribution < 1.29 is 4.79 Å². The summed E-state index contributed by atoms with van der Waals surface area (Å²) < 4.78 is 0. The van der Waals surface area contributed by atoms with E-state index >= 15 is 0 Å². The molecule has 1 aliphatic rings. The van der Waals surface area contributed by atoms with E-state index in [1.807, 2.05) is 12.1 Å². The van der Waals surface area contributed by atoms with E-state index in [0.717, 1.165) is 18.4 Å². The predicted molar refractivity (Wildman–Crippen MR) is 63.7 cm³/mol. The van der Waals surface area contributed by atoms with Crippen LogP contribution in [0.25, 0.3) is 6.08 Å². The molecule has 1 amide bonds. The number of amides is 1. The van der Waals surface area contributed by atoms with Crippen molar-refractivity contribution in [1.29, 1.82) is 0 Å². The SMILES string of the molecule is O=C(/C=C\c1cccnc1)NC1CCCC1. The first-order chi connectivity index (χ1) is 7.84. The Bertz CT molecular complexity index is 367. The molecule has 0 unspecified atom stereocenters. The molecule has 1 heterocycles. The summed E-state index contributed by atoms with van der Waals surface area (Å²) in [6.07, 6.45) is 11.5. The molecule has 3 nitrogen and oxygen atoms in total. The molecule has 0 aromatic carbocycles. The first kappa shape index (κ1) is 10.9. The van der Waals surface area contributed by atoms with Gasteiger partial charge in [0.25, 0.3) is 0 Å². The van der Waals surface area contributed by atoms with E-state index in [1.165, 1.54) is 12.8 Å². The van der Waals surface area contributed by atoms with Gasteiger partial charge in [-0.25, -0.2) is 0 Å². The van der Waals surface area contributed by atoms with Gasteiger partial charge in [0.2, 0.25) is 5.91 Å². The number of rotatable bonds is 3. The summed E-state index contributed by atoms with van der Waals surface area (Å²) in [5.74, 6) is -0.00393. The van der Waals surface area contributed by atoms with Crippen LogP contribution in [0.4, 0.5) is 0 Å². The maximum absolute atomic E-state index is 11.6. The maximum Gasteiger partial charge on any atom is 0.244 e. The number of nitrogens with zero attached hydrogens (tertiary/aromatic N) is 1. The molecule has 0 aliphatic heterocycles. The quantitative estimate of drug-likeness (QED) is 0.787. The Kier molecular flexibility index (Phi) is 3.70. The van der Waals surface area contributed by atoms with Gasteiger partial charge in [0.15, 0.2) is 0 Å². The highest BCUT2D eigenvalue weighted by Crippen LogP contribution is 2.17. The predicted octanol–water partition coefficient (Wildman–Crippen LogP) is 2.15. The van der Waals surface area contributed by atoms with Crippen LogP contribution in [-0.2, 0) is 4.79 Å². The second kappa shape index (κ2) is 5.45. The molecule has 0 saturated heterocycles. The Morgan fingerprint density at radius 1 is 1.44 bits per heavy atom. The standard InChI is InChI=1S/C13H16N2O/c16-13(15-12-5-1-2-6-12)8-7-11-4-3-9-14-10-11/h3-4,7-10,12H,1-2,5-6H2,(H,15,16)/b8-7-. The molecular weight excluding hydrogens is 200 g/mol. The number of nitrogens with one attached hydrogen (secondary N) is 1. The molecular formula is C13H16N2O. The molecule has 16 heavy (non-hydrogen) atoms. The van der Waals surface area contributed by atoms with Gasteiger partial charge in [0, 0.05) is 24.5 Å². The highest BCUT2D eigenvalue weighted by Gasteiger charge is 2.15. The third-order valence-corrected chi connectivity index (χ3v) is 2.81. The number of carbonyl (C=O) groups excluding carboxylic acids is 1. The van der Waals surface area contributed by atoms with Gasteiger partial charge < -0.3 is 5.32 Å². The van der Waals surface area contributed by atoms with Crippen molar-refractivity contribution in [3.63, 3.8) is 0 Å². The zero-order valence-electron chi connectivity index (χ0n) is 9.23. The second-order valence-electron chi connectivity index (χ2n) is 4.11. The highest BCUT2D eigenvalue weighted by molar-refractivity contribution is 5.91.